The highest BCUT2D eigenvalue weighted by Crippen LogP contribution is 2.32. The van der Waals surface area contributed by atoms with E-state index < -0.39 is 0 Å². The molecule has 188 valence electrons. The van der Waals surface area contributed by atoms with E-state index in [-0.39, 0.29) is 17.4 Å². The minimum Gasteiger partial charge on any atom is -0.322 e. The van der Waals surface area contributed by atoms with Crippen molar-refractivity contribution in [3.63, 3.8) is 0 Å². The van der Waals surface area contributed by atoms with Gasteiger partial charge >= 0.3 is 0 Å². The van der Waals surface area contributed by atoms with Crippen LogP contribution in [-0.2, 0) is 13.1 Å². The van der Waals surface area contributed by atoms with Gasteiger partial charge in [0.25, 0.3) is 5.56 Å². The van der Waals surface area contributed by atoms with E-state index in [0.29, 0.717) is 24.7 Å². The lowest BCUT2D eigenvalue weighted by Crippen LogP contribution is -2.33. The molecule has 4 aromatic rings. The smallest absolute Gasteiger partial charge is 0.252 e. The van der Waals surface area contributed by atoms with E-state index in [9.17, 15) is 9.18 Å². The summed E-state index contributed by atoms with van der Waals surface area (Å²) in [7, 11) is 0. The van der Waals surface area contributed by atoms with Crippen LogP contribution in [0.5, 0.6) is 0 Å². The third-order valence-corrected chi connectivity index (χ3v) is 7.31. The maximum atomic E-state index is 13.6. The number of benzene rings is 2. The molecular formula is C28H33FN6O. The molecule has 8 heteroatoms. The summed E-state index contributed by atoms with van der Waals surface area (Å²) in [6, 6.07) is 14.8. The predicted octanol–water partition coefficient (Wildman–Crippen LogP) is 5.62. The van der Waals surface area contributed by atoms with E-state index in [4.69, 9.17) is 0 Å². The maximum Gasteiger partial charge on any atom is 0.252 e. The molecular weight excluding hydrogens is 455 g/mol. The van der Waals surface area contributed by atoms with Gasteiger partial charge in [-0.2, -0.15) is 0 Å². The SMILES string of the molecule is CC[C@@H](c1nnnn1C1CCCCC1)N(Cc1ccc(F)cc1)Cc1cc2cc(C)ccc2[nH]c1=O. The van der Waals surface area contributed by atoms with Gasteiger partial charge in [-0.05, 0) is 77.9 Å². The molecule has 7 nitrogen and oxygen atoms in total. The number of halogens is 1. The van der Waals surface area contributed by atoms with Gasteiger partial charge in [0.05, 0.1) is 12.1 Å². The zero-order chi connectivity index (χ0) is 25.1. The van der Waals surface area contributed by atoms with Crippen LogP contribution in [0.1, 0.15) is 80.0 Å². The molecule has 1 fully saturated rings. The van der Waals surface area contributed by atoms with Crippen molar-refractivity contribution in [2.24, 2.45) is 0 Å². The summed E-state index contributed by atoms with van der Waals surface area (Å²) in [6.45, 7) is 5.13. The van der Waals surface area contributed by atoms with Crippen LogP contribution in [0, 0.1) is 12.7 Å². The van der Waals surface area contributed by atoms with Crippen molar-refractivity contribution in [2.45, 2.75) is 77.5 Å². The number of tetrazole rings is 1. The Morgan fingerprint density at radius 3 is 2.61 bits per heavy atom. The van der Waals surface area contributed by atoms with Crippen LogP contribution in [-0.4, -0.2) is 30.1 Å². The minimum absolute atomic E-state index is 0.0976. The normalized spacial score (nSPS) is 15.6. The first kappa shape index (κ1) is 24.3. The highest BCUT2D eigenvalue weighted by Gasteiger charge is 2.29. The Balaban J connectivity index is 1.53. The summed E-state index contributed by atoms with van der Waals surface area (Å²) in [5.41, 5.74) is 3.52. The number of fused-ring (bicyclic) bond motifs is 1. The molecule has 0 bridgehead atoms. The third-order valence-electron chi connectivity index (χ3n) is 7.31. The summed E-state index contributed by atoms with van der Waals surface area (Å²) < 4.78 is 15.6. The molecule has 0 amide bonds. The van der Waals surface area contributed by atoms with Gasteiger partial charge in [-0.1, -0.05) is 49.9 Å². The fraction of sp³-hybridized carbons (Fsp3) is 0.429. The molecule has 1 aliphatic rings. The van der Waals surface area contributed by atoms with Gasteiger partial charge in [-0.3, -0.25) is 9.69 Å². The van der Waals surface area contributed by atoms with Crippen LogP contribution >= 0.6 is 0 Å². The van der Waals surface area contributed by atoms with E-state index in [1.54, 1.807) is 12.1 Å². The molecule has 1 aliphatic carbocycles. The average molecular weight is 489 g/mol. The zero-order valence-corrected chi connectivity index (χ0v) is 21.0. The van der Waals surface area contributed by atoms with Crippen LogP contribution < -0.4 is 5.56 Å². The minimum atomic E-state index is -0.264. The Labute approximate surface area is 210 Å². The topological polar surface area (TPSA) is 79.7 Å². The van der Waals surface area contributed by atoms with Crippen LogP contribution in [0.25, 0.3) is 10.9 Å². The van der Waals surface area contributed by atoms with E-state index in [1.807, 2.05) is 29.8 Å². The largest absolute Gasteiger partial charge is 0.322 e. The van der Waals surface area contributed by atoms with E-state index in [2.05, 4.69) is 38.4 Å². The second-order valence-electron chi connectivity index (χ2n) is 9.94. The van der Waals surface area contributed by atoms with Crippen LogP contribution in [0.2, 0.25) is 0 Å². The monoisotopic (exact) mass is 488 g/mol. The fourth-order valence-corrected chi connectivity index (χ4v) is 5.42. The Kier molecular flexibility index (Phi) is 7.23. The number of pyridine rings is 1. The number of aromatic amines is 1. The summed E-state index contributed by atoms with van der Waals surface area (Å²) in [5.74, 6) is 0.569. The highest BCUT2D eigenvalue weighted by atomic mass is 19.1. The second-order valence-corrected chi connectivity index (χ2v) is 9.94. The third kappa shape index (κ3) is 5.23. The van der Waals surface area contributed by atoms with Crippen molar-refractivity contribution in [3.8, 4) is 0 Å². The first-order valence-corrected chi connectivity index (χ1v) is 12.9. The van der Waals surface area contributed by atoms with Crippen molar-refractivity contribution < 1.29 is 4.39 Å². The van der Waals surface area contributed by atoms with Gasteiger partial charge in [0, 0.05) is 24.2 Å². The molecule has 2 aromatic heterocycles. The maximum absolute atomic E-state index is 13.6. The fourth-order valence-electron chi connectivity index (χ4n) is 5.42. The Morgan fingerprint density at radius 1 is 1.08 bits per heavy atom. The molecule has 0 unspecified atom stereocenters. The van der Waals surface area contributed by atoms with Crippen molar-refractivity contribution in [2.75, 3.05) is 0 Å². The van der Waals surface area contributed by atoms with Gasteiger partial charge in [-0.25, -0.2) is 9.07 Å². The molecule has 0 aliphatic heterocycles. The van der Waals surface area contributed by atoms with Gasteiger partial charge < -0.3 is 4.98 Å². The van der Waals surface area contributed by atoms with Crippen molar-refractivity contribution in [1.82, 2.24) is 30.1 Å². The molecule has 0 saturated heterocycles. The van der Waals surface area contributed by atoms with Crippen LogP contribution in [0.4, 0.5) is 4.39 Å². The Hall–Kier alpha value is -3.39. The zero-order valence-electron chi connectivity index (χ0n) is 21.0. The van der Waals surface area contributed by atoms with Crippen molar-refractivity contribution in [1.29, 1.82) is 0 Å². The highest BCUT2D eigenvalue weighted by molar-refractivity contribution is 5.79. The number of nitrogens with one attached hydrogen (secondary N) is 1. The molecule has 2 heterocycles. The number of hydrogen-bond acceptors (Lipinski definition) is 5. The van der Waals surface area contributed by atoms with Crippen molar-refractivity contribution >= 4 is 10.9 Å². The van der Waals surface area contributed by atoms with Gasteiger partial charge in [0.2, 0.25) is 0 Å². The lowest BCUT2D eigenvalue weighted by molar-refractivity contribution is 0.155. The molecule has 36 heavy (non-hydrogen) atoms. The van der Waals surface area contributed by atoms with Crippen LogP contribution in [0.15, 0.2) is 53.3 Å². The van der Waals surface area contributed by atoms with Crippen LogP contribution in [0.3, 0.4) is 0 Å². The average Bonchev–Trinajstić information content (AvgIpc) is 3.36. The summed E-state index contributed by atoms with van der Waals surface area (Å²) >= 11 is 0. The quantitative estimate of drug-likeness (QED) is 0.348. The summed E-state index contributed by atoms with van der Waals surface area (Å²) in [5, 5.41) is 13.9. The molecule has 5 rings (SSSR count). The number of H-pyrrole nitrogens is 1. The number of rotatable bonds is 8. The number of hydrogen-bond donors (Lipinski definition) is 1. The molecule has 2 aromatic carbocycles. The first-order valence-electron chi connectivity index (χ1n) is 12.9. The molecule has 0 radical (unpaired) electrons. The number of aromatic nitrogens is 5. The Morgan fingerprint density at radius 2 is 1.86 bits per heavy atom. The van der Waals surface area contributed by atoms with Gasteiger partial charge in [-0.15, -0.1) is 5.10 Å². The lowest BCUT2D eigenvalue weighted by atomic mass is 9.95. The Bertz CT molecular complexity index is 1370. The van der Waals surface area contributed by atoms with Gasteiger partial charge in [0.1, 0.15) is 5.82 Å². The molecule has 0 spiro atoms. The lowest BCUT2D eigenvalue weighted by Gasteiger charge is -2.32. The van der Waals surface area contributed by atoms with Gasteiger partial charge in [0.15, 0.2) is 5.82 Å². The predicted molar refractivity (Wildman–Crippen MR) is 138 cm³/mol. The standard InChI is InChI=1S/C28H33FN6O/c1-3-26(27-31-32-33-35(27)24-7-5-4-6-8-24)34(17-20-10-12-23(29)13-11-20)18-22-16-21-15-19(2)9-14-25(21)30-28(22)36/h9-16,24,26H,3-8,17-18H2,1-2H3,(H,30,36)/t26-/m0/s1. The second kappa shape index (κ2) is 10.7. The molecule has 1 atom stereocenters. The number of nitrogens with zero attached hydrogens (tertiary/aromatic N) is 5. The summed E-state index contributed by atoms with van der Waals surface area (Å²) in [4.78, 5) is 18.4. The number of aryl methyl sites for hydroxylation is 1. The summed E-state index contributed by atoms with van der Waals surface area (Å²) in [6.07, 6.45) is 6.56. The van der Waals surface area contributed by atoms with E-state index in [0.717, 1.165) is 47.1 Å². The van der Waals surface area contributed by atoms with E-state index >= 15 is 0 Å². The first-order chi connectivity index (χ1) is 17.5. The van der Waals surface area contributed by atoms with Crippen molar-refractivity contribution in [3.05, 3.63) is 87.2 Å². The molecule has 1 N–H and O–H groups in total. The van der Waals surface area contributed by atoms with E-state index in [1.165, 1.54) is 31.4 Å². The molecule has 1 saturated carbocycles.